The Morgan fingerprint density at radius 2 is 1.71 bits per heavy atom. The fourth-order valence-corrected chi connectivity index (χ4v) is 3.94. The molecular formula is C17H14Br2N2. The summed E-state index contributed by atoms with van der Waals surface area (Å²) in [5.41, 5.74) is 2.37. The third-order valence-electron chi connectivity index (χ3n) is 3.52. The van der Waals surface area contributed by atoms with Crippen molar-refractivity contribution in [1.82, 2.24) is 10.3 Å². The number of halogens is 2. The molecule has 0 aliphatic rings. The van der Waals surface area contributed by atoms with Gasteiger partial charge in [-0.1, -0.05) is 56.1 Å². The molecule has 0 bridgehead atoms. The highest BCUT2D eigenvalue weighted by atomic mass is 79.9. The van der Waals surface area contributed by atoms with Crippen LogP contribution in [-0.4, -0.2) is 12.0 Å². The predicted octanol–water partition coefficient (Wildman–Crippen LogP) is 5.07. The van der Waals surface area contributed by atoms with E-state index in [1.165, 1.54) is 16.5 Å². The van der Waals surface area contributed by atoms with Gasteiger partial charge in [0.2, 0.25) is 0 Å². The van der Waals surface area contributed by atoms with Crippen molar-refractivity contribution in [3.63, 3.8) is 0 Å². The number of fused-ring (bicyclic) bond motifs is 1. The summed E-state index contributed by atoms with van der Waals surface area (Å²) < 4.78 is 2.11. The van der Waals surface area contributed by atoms with Gasteiger partial charge in [-0.05, 0) is 41.8 Å². The van der Waals surface area contributed by atoms with Crippen LogP contribution in [0.25, 0.3) is 10.8 Å². The Kier molecular flexibility index (Phi) is 4.38. The zero-order valence-corrected chi connectivity index (χ0v) is 14.6. The Morgan fingerprint density at radius 3 is 2.43 bits per heavy atom. The lowest BCUT2D eigenvalue weighted by Gasteiger charge is -2.19. The van der Waals surface area contributed by atoms with Crippen molar-refractivity contribution in [2.24, 2.45) is 0 Å². The summed E-state index contributed by atoms with van der Waals surface area (Å²) in [4.78, 5) is 4.39. The molecule has 0 saturated carbocycles. The van der Waals surface area contributed by atoms with Crippen molar-refractivity contribution in [1.29, 1.82) is 0 Å². The molecule has 2 nitrogen and oxygen atoms in total. The van der Waals surface area contributed by atoms with Crippen LogP contribution < -0.4 is 5.32 Å². The van der Waals surface area contributed by atoms with Crippen molar-refractivity contribution >= 4 is 42.6 Å². The molecule has 0 amide bonds. The van der Waals surface area contributed by atoms with Crippen LogP contribution in [0.4, 0.5) is 0 Å². The molecule has 4 heteroatoms. The van der Waals surface area contributed by atoms with E-state index in [2.05, 4.69) is 72.5 Å². The van der Waals surface area contributed by atoms with E-state index in [4.69, 9.17) is 0 Å². The molecule has 1 unspecified atom stereocenters. The van der Waals surface area contributed by atoms with E-state index in [0.717, 1.165) is 14.3 Å². The highest BCUT2D eigenvalue weighted by Gasteiger charge is 2.16. The second-order valence-electron chi connectivity index (χ2n) is 4.87. The number of nitrogens with one attached hydrogen (secondary N) is 1. The van der Waals surface area contributed by atoms with Gasteiger partial charge in [0.15, 0.2) is 0 Å². The van der Waals surface area contributed by atoms with Gasteiger partial charge in [0.25, 0.3) is 0 Å². The third kappa shape index (κ3) is 3.03. The maximum atomic E-state index is 4.39. The van der Waals surface area contributed by atoms with Gasteiger partial charge in [0.05, 0.1) is 6.04 Å². The van der Waals surface area contributed by atoms with E-state index < -0.39 is 0 Å². The zero-order valence-electron chi connectivity index (χ0n) is 11.5. The topological polar surface area (TPSA) is 24.9 Å². The van der Waals surface area contributed by atoms with E-state index in [9.17, 15) is 0 Å². The standard InChI is InChI=1S/C17H14Br2N2/c1-20-17(12-6-13(18)8-14(19)7-12)16-10-21-9-11-4-2-3-5-15(11)16/h2-10,17,20H,1H3. The third-order valence-corrected chi connectivity index (χ3v) is 4.43. The lowest BCUT2D eigenvalue weighted by molar-refractivity contribution is 0.693. The average Bonchev–Trinajstić information content (AvgIpc) is 2.47. The molecule has 0 saturated heterocycles. The summed E-state index contributed by atoms with van der Waals surface area (Å²) in [6.07, 6.45) is 3.85. The fraction of sp³-hybridized carbons (Fsp3) is 0.118. The van der Waals surface area contributed by atoms with Gasteiger partial charge in [-0.15, -0.1) is 0 Å². The van der Waals surface area contributed by atoms with Gasteiger partial charge >= 0.3 is 0 Å². The minimum absolute atomic E-state index is 0.0948. The molecule has 0 fully saturated rings. The molecule has 3 rings (SSSR count). The summed E-state index contributed by atoms with van der Waals surface area (Å²) >= 11 is 7.12. The van der Waals surface area contributed by atoms with Crippen LogP contribution in [0.5, 0.6) is 0 Å². The van der Waals surface area contributed by atoms with E-state index in [1.54, 1.807) is 0 Å². The molecule has 106 valence electrons. The normalized spacial score (nSPS) is 12.5. The van der Waals surface area contributed by atoms with Gasteiger partial charge in [-0.25, -0.2) is 0 Å². The number of pyridine rings is 1. The number of aromatic nitrogens is 1. The minimum atomic E-state index is 0.0948. The highest BCUT2D eigenvalue weighted by Crippen LogP contribution is 2.31. The van der Waals surface area contributed by atoms with E-state index in [-0.39, 0.29) is 6.04 Å². The summed E-state index contributed by atoms with van der Waals surface area (Å²) in [6.45, 7) is 0. The molecule has 0 spiro atoms. The quantitative estimate of drug-likeness (QED) is 0.657. The van der Waals surface area contributed by atoms with E-state index >= 15 is 0 Å². The van der Waals surface area contributed by atoms with Crippen molar-refractivity contribution in [2.75, 3.05) is 7.05 Å². The average molecular weight is 406 g/mol. The molecule has 0 aliphatic carbocycles. The molecule has 1 atom stereocenters. The SMILES string of the molecule is CNC(c1cc(Br)cc(Br)c1)c1cncc2ccccc12. The second kappa shape index (κ2) is 6.26. The Hall–Kier alpha value is -1.23. The monoisotopic (exact) mass is 404 g/mol. The Bertz CT molecular complexity index is 761. The largest absolute Gasteiger partial charge is 0.309 e. The summed E-state index contributed by atoms with van der Waals surface area (Å²) in [5, 5.41) is 5.78. The Morgan fingerprint density at radius 1 is 1.00 bits per heavy atom. The first kappa shape index (κ1) is 14.7. The van der Waals surface area contributed by atoms with Crippen molar-refractivity contribution in [3.8, 4) is 0 Å². The van der Waals surface area contributed by atoms with Gasteiger partial charge in [-0.2, -0.15) is 0 Å². The molecule has 1 aromatic heterocycles. The van der Waals surface area contributed by atoms with Crippen molar-refractivity contribution < 1.29 is 0 Å². The highest BCUT2D eigenvalue weighted by molar-refractivity contribution is 9.11. The lowest BCUT2D eigenvalue weighted by Crippen LogP contribution is -2.18. The summed E-state index contributed by atoms with van der Waals surface area (Å²) in [5.74, 6) is 0. The molecule has 2 aromatic carbocycles. The fourth-order valence-electron chi connectivity index (χ4n) is 2.61. The van der Waals surface area contributed by atoms with Gasteiger partial charge < -0.3 is 5.32 Å². The van der Waals surface area contributed by atoms with Gasteiger partial charge in [0, 0.05) is 26.7 Å². The molecule has 1 N–H and O–H groups in total. The molecule has 0 aliphatic heterocycles. The van der Waals surface area contributed by atoms with E-state index in [1.807, 2.05) is 31.6 Å². The van der Waals surface area contributed by atoms with Crippen LogP contribution in [-0.2, 0) is 0 Å². The van der Waals surface area contributed by atoms with Crippen LogP contribution >= 0.6 is 31.9 Å². The second-order valence-corrected chi connectivity index (χ2v) is 6.71. The first-order valence-electron chi connectivity index (χ1n) is 6.65. The summed E-state index contributed by atoms with van der Waals surface area (Å²) in [7, 11) is 1.97. The van der Waals surface area contributed by atoms with Crippen molar-refractivity contribution in [3.05, 3.63) is 74.9 Å². The van der Waals surface area contributed by atoms with E-state index in [0.29, 0.717) is 0 Å². The predicted molar refractivity (Wildman–Crippen MR) is 94.5 cm³/mol. The van der Waals surface area contributed by atoms with Crippen LogP contribution in [0.2, 0.25) is 0 Å². The van der Waals surface area contributed by atoms with Crippen LogP contribution in [0.3, 0.4) is 0 Å². The van der Waals surface area contributed by atoms with Crippen LogP contribution in [0.1, 0.15) is 17.2 Å². The van der Waals surface area contributed by atoms with Crippen molar-refractivity contribution in [2.45, 2.75) is 6.04 Å². The first-order chi connectivity index (χ1) is 10.2. The number of rotatable bonds is 3. The van der Waals surface area contributed by atoms with Gasteiger partial charge in [-0.3, -0.25) is 4.98 Å². The maximum absolute atomic E-state index is 4.39. The lowest BCUT2D eigenvalue weighted by atomic mass is 9.96. The zero-order chi connectivity index (χ0) is 14.8. The number of hydrogen-bond donors (Lipinski definition) is 1. The first-order valence-corrected chi connectivity index (χ1v) is 8.23. The van der Waals surface area contributed by atoms with Crippen LogP contribution in [0, 0.1) is 0 Å². The Balaban J connectivity index is 2.18. The number of hydrogen-bond acceptors (Lipinski definition) is 2. The number of nitrogens with zero attached hydrogens (tertiary/aromatic N) is 1. The number of benzene rings is 2. The smallest absolute Gasteiger partial charge is 0.0596 e. The van der Waals surface area contributed by atoms with Gasteiger partial charge in [0.1, 0.15) is 0 Å². The molecule has 3 aromatic rings. The maximum Gasteiger partial charge on any atom is 0.0596 e. The summed E-state index contributed by atoms with van der Waals surface area (Å²) in [6, 6.07) is 14.7. The minimum Gasteiger partial charge on any atom is -0.309 e. The molecular weight excluding hydrogens is 392 g/mol. The Labute approximate surface area is 140 Å². The molecule has 21 heavy (non-hydrogen) atoms. The molecule has 0 radical (unpaired) electrons. The molecule has 1 heterocycles. The van der Waals surface area contributed by atoms with Crippen LogP contribution in [0.15, 0.2) is 63.8 Å².